The van der Waals surface area contributed by atoms with Gasteiger partial charge in [0.25, 0.3) is 0 Å². The molecule has 0 aromatic heterocycles. The number of imide groups is 1. The van der Waals surface area contributed by atoms with Crippen molar-refractivity contribution in [2.24, 2.45) is 0 Å². The highest BCUT2D eigenvalue weighted by atomic mass is 35.5. The van der Waals surface area contributed by atoms with Crippen molar-refractivity contribution in [3.8, 4) is 0 Å². The van der Waals surface area contributed by atoms with Crippen molar-refractivity contribution >= 4 is 35.1 Å². The molecule has 0 heterocycles. The summed E-state index contributed by atoms with van der Waals surface area (Å²) in [5, 5.41) is 8.89. The van der Waals surface area contributed by atoms with Gasteiger partial charge in [0.05, 0.1) is 6.54 Å². The maximum atomic E-state index is 11.6. The van der Waals surface area contributed by atoms with E-state index in [2.05, 4.69) is 16.0 Å². The van der Waals surface area contributed by atoms with Crippen molar-refractivity contribution in [3.63, 3.8) is 0 Å². The zero-order valence-electron chi connectivity index (χ0n) is 12.2. The van der Waals surface area contributed by atoms with E-state index in [9.17, 15) is 9.59 Å². The zero-order chi connectivity index (χ0) is 16.0. The molecule has 0 fully saturated rings. The first kappa shape index (κ1) is 17.8. The van der Waals surface area contributed by atoms with Crippen LogP contribution in [0.15, 0.2) is 18.2 Å². The number of benzene rings is 1. The van der Waals surface area contributed by atoms with E-state index in [1.807, 2.05) is 20.8 Å². The third kappa shape index (κ3) is 6.33. The monoisotopic (exact) mass is 331 g/mol. The highest BCUT2D eigenvalue weighted by Crippen LogP contribution is 2.25. The summed E-state index contributed by atoms with van der Waals surface area (Å²) in [5.74, 6) is -0.412. The second-order valence-electron chi connectivity index (χ2n) is 4.94. The van der Waals surface area contributed by atoms with Crippen LogP contribution in [0.4, 0.5) is 4.79 Å². The summed E-state index contributed by atoms with van der Waals surface area (Å²) >= 11 is 11.9. The lowest BCUT2D eigenvalue weighted by Gasteiger charge is -2.16. The topological polar surface area (TPSA) is 70.2 Å². The van der Waals surface area contributed by atoms with E-state index in [-0.39, 0.29) is 18.6 Å². The molecule has 0 spiro atoms. The lowest BCUT2D eigenvalue weighted by Crippen LogP contribution is -2.45. The van der Waals surface area contributed by atoms with Crippen LogP contribution in [0.2, 0.25) is 10.0 Å². The molecule has 1 rings (SSSR count). The van der Waals surface area contributed by atoms with Gasteiger partial charge in [0.2, 0.25) is 5.91 Å². The van der Waals surface area contributed by atoms with Crippen molar-refractivity contribution in [1.82, 2.24) is 16.0 Å². The van der Waals surface area contributed by atoms with Crippen LogP contribution in [0.3, 0.4) is 0 Å². The molecule has 3 N–H and O–H groups in total. The van der Waals surface area contributed by atoms with Crippen LogP contribution in [0.5, 0.6) is 0 Å². The fourth-order valence-corrected chi connectivity index (χ4v) is 2.25. The molecule has 1 aromatic carbocycles. The van der Waals surface area contributed by atoms with Crippen molar-refractivity contribution in [2.75, 3.05) is 6.54 Å². The van der Waals surface area contributed by atoms with Crippen LogP contribution in [-0.4, -0.2) is 24.5 Å². The van der Waals surface area contributed by atoms with E-state index in [0.717, 1.165) is 5.56 Å². The first-order valence-electron chi connectivity index (χ1n) is 6.58. The molecule has 7 heteroatoms. The fraction of sp³-hybridized carbons (Fsp3) is 0.429. The Kier molecular flexibility index (Phi) is 6.95. The Balaban J connectivity index is 2.47. The number of carbonyl (C=O) groups excluding carboxylic acids is 2. The van der Waals surface area contributed by atoms with E-state index in [1.54, 1.807) is 18.2 Å². The molecule has 0 saturated heterocycles. The van der Waals surface area contributed by atoms with Crippen molar-refractivity contribution in [3.05, 3.63) is 33.8 Å². The molecule has 0 unspecified atom stereocenters. The van der Waals surface area contributed by atoms with E-state index < -0.39 is 11.9 Å². The van der Waals surface area contributed by atoms with E-state index in [1.165, 1.54) is 0 Å². The highest BCUT2D eigenvalue weighted by molar-refractivity contribution is 6.35. The Morgan fingerprint density at radius 2 is 1.86 bits per heavy atom. The summed E-state index contributed by atoms with van der Waals surface area (Å²) in [7, 11) is 0. The molecule has 0 aliphatic rings. The van der Waals surface area contributed by atoms with Crippen molar-refractivity contribution < 1.29 is 9.59 Å². The second-order valence-corrected chi connectivity index (χ2v) is 5.79. The van der Waals surface area contributed by atoms with Crippen LogP contribution in [0.25, 0.3) is 0 Å². The number of hydrogen-bond donors (Lipinski definition) is 3. The third-order valence-corrected chi connectivity index (χ3v) is 3.23. The summed E-state index contributed by atoms with van der Waals surface area (Å²) in [6.07, 6.45) is 0. The Hall–Kier alpha value is -1.30. The van der Waals surface area contributed by atoms with Gasteiger partial charge in [-0.1, -0.05) is 29.3 Å². The SMILES string of the molecule is CC(C)NC(=O)NC(=O)CN[C@H](C)c1ccc(Cl)cc1Cl. The van der Waals surface area contributed by atoms with Gasteiger partial charge in [0, 0.05) is 22.1 Å². The minimum Gasteiger partial charge on any atom is -0.336 e. The van der Waals surface area contributed by atoms with Crippen LogP contribution >= 0.6 is 23.2 Å². The minimum absolute atomic E-state index is 0.00559. The van der Waals surface area contributed by atoms with Gasteiger partial charge in [-0.15, -0.1) is 0 Å². The van der Waals surface area contributed by atoms with Gasteiger partial charge in [-0.2, -0.15) is 0 Å². The van der Waals surface area contributed by atoms with E-state index >= 15 is 0 Å². The molecule has 0 aliphatic heterocycles. The molecule has 5 nitrogen and oxygen atoms in total. The largest absolute Gasteiger partial charge is 0.336 e. The predicted octanol–water partition coefficient (Wildman–Crippen LogP) is 2.88. The quantitative estimate of drug-likeness (QED) is 0.776. The van der Waals surface area contributed by atoms with Crippen LogP contribution < -0.4 is 16.0 Å². The molecule has 21 heavy (non-hydrogen) atoms. The zero-order valence-corrected chi connectivity index (χ0v) is 13.7. The van der Waals surface area contributed by atoms with Gasteiger partial charge in [-0.05, 0) is 38.5 Å². The first-order chi connectivity index (χ1) is 9.79. The normalized spacial score (nSPS) is 12.1. The first-order valence-corrected chi connectivity index (χ1v) is 7.34. The van der Waals surface area contributed by atoms with Gasteiger partial charge >= 0.3 is 6.03 Å². The lowest BCUT2D eigenvalue weighted by atomic mass is 10.1. The van der Waals surface area contributed by atoms with Crippen molar-refractivity contribution in [2.45, 2.75) is 32.9 Å². The van der Waals surface area contributed by atoms with Crippen molar-refractivity contribution in [1.29, 1.82) is 0 Å². The van der Waals surface area contributed by atoms with Gasteiger partial charge in [-0.3, -0.25) is 10.1 Å². The Morgan fingerprint density at radius 1 is 1.19 bits per heavy atom. The molecule has 116 valence electrons. The molecular weight excluding hydrogens is 313 g/mol. The molecule has 0 radical (unpaired) electrons. The number of nitrogens with one attached hydrogen (secondary N) is 3. The third-order valence-electron chi connectivity index (χ3n) is 2.67. The summed E-state index contributed by atoms with van der Waals surface area (Å²) in [5.41, 5.74) is 0.834. The van der Waals surface area contributed by atoms with E-state index in [0.29, 0.717) is 10.0 Å². The van der Waals surface area contributed by atoms with Crippen LogP contribution in [0, 0.1) is 0 Å². The van der Waals surface area contributed by atoms with E-state index in [4.69, 9.17) is 23.2 Å². The molecule has 0 aliphatic carbocycles. The lowest BCUT2D eigenvalue weighted by molar-refractivity contribution is -0.119. The minimum atomic E-state index is -0.506. The Morgan fingerprint density at radius 3 is 2.43 bits per heavy atom. The predicted molar refractivity (Wildman–Crippen MR) is 84.7 cm³/mol. The molecule has 1 atom stereocenters. The highest BCUT2D eigenvalue weighted by Gasteiger charge is 2.13. The molecule has 0 saturated carbocycles. The summed E-state index contributed by atoms with van der Waals surface area (Å²) in [6.45, 7) is 5.50. The number of urea groups is 1. The Bertz CT molecular complexity index is 521. The maximum Gasteiger partial charge on any atom is 0.321 e. The molecular formula is C14H19Cl2N3O2. The van der Waals surface area contributed by atoms with Crippen LogP contribution in [0.1, 0.15) is 32.4 Å². The average Bonchev–Trinajstić information content (AvgIpc) is 2.34. The fourth-order valence-electron chi connectivity index (χ4n) is 1.68. The number of halogens is 2. The summed E-state index contributed by atoms with van der Waals surface area (Å²) < 4.78 is 0. The molecule has 3 amide bonds. The number of carbonyl (C=O) groups is 2. The summed E-state index contributed by atoms with van der Waals surface area (Å²) in [6, 6.07) is 4.50. The number of amides is 3. The van der Waals surface area contributed by atoms with Gasteiger partial charge in [0.15, 0.2) is 0 Å². The van der Waals surface area contributed by atoms with Gasteiger partial charge < -0.3 is 10.6 Å². The van der Waals surface area contributed by atoms with Crippen LogP contribution in [-0.2, 0) is 4.79 Å². The standard InChI is InChI=1S/C14H19Cl2N3O2/c1-8(2)18-14(21)19-13(20)7-17-9(3)11-5-4-10(15)6-12(11)16/h4-6,8-9,17H,7H2,1-3H3,(H2,18,19,20,21)/t9-/m1/s1. The molecule has 0 bridgehead atoms. The maximum absolute atomic E-state index is 11.6. The Labute approximate surface area is 134 Å². The second kappa shape index (κ2) is 8.22. The van der Waals surface area contributed by atoms with Gasteiger partial charge in [0.1, 0.15) is 0 Å². The smallest absolute Gasteiger partial charge is 0.321 e. The molecule has 1 aromatic rings. The van der Waals surface area contributed by atoms with Gasteiger partial charge in [-0.25, -0.2) is 4.79 Å². The average molecular weight is 332 g/mol. The summed E-state index contributed by atoms with van der Waals surface area (Å²) in [4.78, 5) is 23.0. The number of hydrogen-bond acceptors (Lipinski definition) is 3. The number of rotatable bonds is 5.